The predicted molar refractivity (Wildman–Crippen MR) is 43.9 cm³/mol. The summed E-state index contributed by atoms with van der Waals surface area (Å²) in [7, 11) is 0. The third-order valence-electron chi connectivity index (χ3n) is 1.30. The van der Waals surface area contributed by atoms with Crippen LogP contribution in [0.5, 0.6) is 0 Å². The highest BCUT2D eigenvalue weighted by Crippen LogP contribution is 2.18. The Labute approximate surface area is 61.8 Å². The van der Waals surface area contributed by atoms with Crippen molar-refractivity contribution in [2.75, 3.05) is 6.61 Å². The van der Waals surface area contributed by atoms with E-state index in [1.807, 2.05) is 11.8 Å². The van der Waals surface area contributed by atoms with Crippen molar-refractivity contribution in [3.05, 3.63) is 0 Å². The fraction of sp³-hybridized carbons (Fsp3) is 1.00. The molecule has 0 rings (SSSR count). The number of hydrogen-bond acceptors (Lipinski definition) is 2. The first-order chi connectivity index (χ1) is 4.20. The van der Waals surface area contributed by atoms with Gasteiger partial charge in [0.25, 0.3) is 0 Å². The smallest absolute Gasteiger partial charge is 0.0547 e. The Balaban J connectivity index is 3.22. The molecule has 0 aliphatic carbocycles. The van der Waals surface area contributed by atoms with Crippen molar-refractivity contribution in [2.45, 2.75) is 37.7 Å². The maximum atomic E-state index is 8.66. The molecular weight excluding hydrogens is 132 g/mol. The van der Waals surface area contributed by atoms with Gasteiger partial charge in [-0.15, -0.1) is 0 Å². The number of rotatable bonds is 4. The molecule has 0 radical (unpaired) electrons. The molecule has 0 fully saturated rings. The number of aliphatic hydroxyl groups is 1. The van der Waals surface area contributed by atoms with Crippen LogP contribution in [0.25, 0.3) is 0 Å². The number of aliphatic hydroxyl groups excluding tert-OH is 1. The highest BCUT2D eigenvalue weighted by atomic mass is 32.2. The fourth-order valence-corrected chi connectivity index (χ4v) is 1.61. The van der Waals surface area contributed by atoms with Crippen LogP contribution in [-0.2, 0) is 0 Å². The van der Waals surface area contributed by atoms with E-state index in [0.717, 1.165) is 0 Å². The molecule has 0 saturated heterocycles. The molecule has 0 bridgehead atoms. The topological polar surface area (TPSA) is 20.2 Å². The van der Waals surface area contributed by atoms with Gasteiger partial charge < -0.3 is 5.11 Å². The minimum Gasteiger partial charge on any atom is -0.395 e. The second-order valence-electron chi connectivity index (χ2n) is 2.35. The molecule has 0 saturated carbocycles. The Hall–Kier alpha value is 0.310. The zero-order valence-corrected chi connectivity index (χ0v) is 7.24. The van der Waals surface area contributed by atoms with Crippen LogP contribution in [0.3, 0.4) is 0 Å². The molecule has 2 heteroatoms. The van der Waals surface area contributed by atoms with Crippen LogP contribution >= 0.6 is 11.8 Å². The average Bonchev–Trinajstić information content (AvgIpc) is 1.87. The van der Waals surface area contributed by atoms with Crippen molar-refractivity contribution in [3.8, 4) is 0 Å². The van der Waals surface area contributed by atoms with Gasteiger partial charge in [0.1, 0.15) is 0 Å². The summed E-state index contributed by atoms with van der Waals surface area (Å²) in [6, 6.07) is 0. The van der Waals surface area contributed by atoms with Gasteiger partial charge in [0, 0.05) is 10.5 Å². The molecule has 0 heterocycles. The average molecular weight is 148 g/mol. The lowest BCUT2D eigenvalue weighted by Gasteiger charge is -2.12. The third-order valence-corrected chi connectivity index (χ3v) is 2.71. The van der Waals surface area contributed by atoms with Crippen molar-refractivity contribution >= 4 is 11.8 Å². The second-order valence-corrected chi connectivity index (χ2v) is 4.23. The Morgan fingerprint density at radius 2 is 1.89 bits per heavy atom. The summed E-state index contributed by atoms with van der Waals surface area (Å²) < 4.78 is 0. The monoisotopic (exact) mass is 148 g/mol. The molecule has 1 nitrogen and oxygen atoms in total. The van der Waals surface area contributed by atoms with Crippen LogP contribution in [0, 0.1) is 0 Å². The first-order valence-corrected chi connectivity index (χ1v) is 4.41. The van der Waals surface area contributed by atoms with E-state index in [2.05, 4.69) is 20.8 Å². The Morgan fingerprint density at radius 3 is 2.22 bits per heavy atom. The summed E-state index contributed by atoms with van der Waals surface area (Å²) in [5.74, 6) is 0. The van der Waals surface area contributed by atoms with Gasteiger partial charge in [0.15, 0.2) is 0 Å². The normalized spacial score (nSPS) is 17.3. The van der Waals surface area contributed by atoms with Crippen molar-refractivity contribution in [2.24, 2.45) is 0 Å². The largest absolute Gasteiger partial charge is 0.395 e. The van der Waals surface area contributed by atoms with E-state index in [4.69, 9.17) is 5.11 Å². The van der Waals surface area contributed by atoms with E-state index in [-0.39, 0.29) is 0 Å². The molecule has 1 N–H and O–H groups in total. The van der Waals surface area contributed by atoms with Crippen LogP contribution < -0.4 is 0 Å². The quantitative estimate of drug-likeness (QED) is 0.657. The summed E-state index contributed by atoms with van der Waals surface area (Å²) in [6.07, 6.45) is 1.19. The maximum Gasteiger partial charge on any atom is 0.0547 e. The first-order valence-electron chi connectivity index (χ1n) is 3.47. The molecule has 0 spiro atoms. The van der Waals surface area contributed by atoms with Gasteiger partial charge in [-0.3, -0.25) is 0 Å². The van der Waals surface area contributed by atoms with Crippen LogP contribution in [-0.4, -0.2) is 22.2 Å². The van der Waals surface area contributed by atoms with Crippen LogP contribution in [0.1, 0.15) is 27.2 Å². The van der Waals surface area contributed by atoms with Gasteiger partial charge in [-0.1, -0.05) is 20.8 Å². The van der Waals surface area contributed by atoms with Gasteiger partial charge in [0.2, 0.25) is 0 Å². The molecule has 0 aromatic rings. The van der Waals surface area contributed by atoms with Gasteiger partial charge in [0.05, 0.1) is 6.61 Å². The lowest BCUT2D eigenvalue weighted by atomic mass is 10.4. The minimum absolute atomic E-state index is 0.301. The second kappa shape index (κ2) is 5.12. The van der Waals surface area contributed by atoms with Gasteiger partial charge in [-0.25, -0.2) is 0 Å². The molecular formula is C7H16OS. The first kappa shape index (κ1) is 9.31. The van der Waals surface area contributed by atoms with Crippen LogP contribution in [0.4, 0.5) is 0 Å². The molecule has 0 aromatic carbocycles. The summed E-state index contributed by atoms with van der Waals surface area (Å²) in [5.41, 5.74) is 0. The van der Waals surface area contributed by atoms with E-state index < -0.39 is 0 Å². The summed E-state index contributed by atoms with van der Waals surface area (Å²) in [5, 5.41) is 9.75. The third kappa shape index (κ3) is 4.79. The Kier molecular flexibility index (Phi) is 5.30. The molecule has 2 atom stereocenters. The van der Waals surface area contributed by atoms with Crippen LogP contribution in [0.15, 0.2) is 0 Å². The fourth-order valence-electron chi connectivity index (χ4n) is 0.536. The van der Waals surface area contributed by atoms with Crippen molar-refractivity contribution in [1.82, 2.24) is 0 Å². The zero-order chi connectivity index (χ0) is 7.28. The van der Waals surface area contributed by atoms with Crippen LogP contribution in [0.2, 0.25) is 0 Å². The van der Waals surface area contributed by atoms with Gasteiger partial charge in [-0.05, 0) is 6.42 Å². The Morgan fingerprint density at radius 1 is 1.33 bits per heavy atom. The molecule has 9 heavy (non-hydrogen) atoms. The molecule has 0 aliphatic rings. The SMILES string of the molecule is CCC(C)SC(C)CO. The standard InChI is InChI=1S/C7H16OS/c1-4-6(2)9-7(3)5-8/h6-8H,4-5H2,1-3H3. The van der Waals surface area contributed by atoms with E-state index >= 15 is 0 Å². The van der Waals surface area contributed by atoms with Gasteiger partial charge >= 0.3 is 0 Å². The van der Waals surface area contributed by atoms with Crippen molar-refractivity contribution in [1.29, 1.82) is 0 Å². The summed E-state index contributed by atoms with van der Waals surface area (Å²) in [6.45, 7) is 6.71. The lowest BCUT2D eigenvalue weighted by Crippen LogP contribution is -2.07. The van der Waals surface area contributed by atoms with E-state index in [1.165, 1.54) is 6.42 Å². The predicted octanol–water partition coefficient (Wildman–Crippen LogP) is 1.90. The minimum atomic E-state index is 0.301. The van der Waals surface area contributed by atoms with E-state index in [1.54, 1.807) is 0 Å². The Bertz CT molecular complexity index is 57.9. The molecule has 56 valence electrons. The van der Waals surface area contributed by atoms with E-state index in [9.17, 15) is 0 Å². The highest BCUT2D eigenvalue weighted by Gasteiger charge is 2.04. The molecule has 2 unspecified atom stereocenters. The summed E-state index contributed by atoms with van der Waals surface area (Å²) >= 11 is 1.85. The zero-order valence-electron chi connectivity index (χ0n) is 6.42. The number of hydrogen-bond donors (Lipinski definition) is 1. The van der Waals surface area contributed by atoms with E-state index in [0.29, 0.717) is 17.1 Å². The lowest BCUT2D eigenvalue weighted by molar-refractivity contribution is 0.300. The molecule has 0 amide bonds. The van der Waals surface area contributed by atoms with Crippen molar-refractivity contribution < 1.29 is 5.11 Å². The van der Waals surface area contributed by atoms with Crippen molar-refractivity contribution in [3.63, 3.8) is 0 Å². The maximum absolute atomic E-state index is 8.66. The molecule has 0 aliphatic heterocycles. The summed E-state index contributed by atoms with van der Waals surface area (Å²) in [4.78, 5) is 0. The molecule has 0 aromatic heterocycles. The van der Waals surface area contributed by atoms with Gasteiger partial charge in [-0.2, -0.15) is 11.8 Å². The highest BCUT2D eigenvalue weighted by molar-refractivity contribution is 8.00. The number of thioether (sulfide) groups is 1.